The van der Waals surface area contributed by atoms with Gasteiger partial charge in [0.15, 0.2) is 5.78 Å². The van der Waals surface area contributed by atoms with Gasteiger partial charge in [-0.05, 0) is 34.1 Å². The smallest absolute Gasteiger partial charge is 0.208 e. The average Bonchev–Trinajstić information content (AvgIpc) is 2.92. The molecule has 5 nitrogen and oxygen atoms in total. The van der Waals surface area contributed by atoms with Crippen molar-refractivity contribution in [2.75, 3.05) is 12.9 Å². The van der Waals surface area contributed by atoms with Gasteiger partial charge in [-0.15, -0.1) is 5.10 Å². The zero-order valence-electron chi connectivity index (χ0n) is 11.1. The molecule has 0 saturated carbocycles. The topological polar surface area (TPSA) is 67.9 Å². The number of nitrogens with one attached hydrogen (secondary N) is 1. The molecule has 1 aromatic carbocycles. The lowest BCUT2D eigenvalue weighted by atomic mass is 10.1. The first kappa shape index (κ1) is 15.1. The molecule has 0 saturated heterocycles. The van der Waals surface area contributed by atoms with E-state index in [1.807, 2.05) is 6.92 Å². The van der Waals surface area contributed by atoms with E-state index in [0.717, 1.165) is 16.7 Å². The Bertz CT molecular complexity index is 615. The number of ether oxygens (including phenoxy) is 1. The van der Waals surface area contributed by atoms with Crippen molar-refractivity contribution < 1.29 is 9.53 Å². The van der Waals surface area contributed by atoms with Crippen LogP contribution in [0.1, 0.15) is 23.1 Å². The van der Waals surface area contributed by atoms with Crippen LogP contribution in [0.4, 0.5) is 0 Å². The van der Waals surface area contributed by atoms with Crippen LogP contribution in [-0.4, -0.2) is 33.8 Å². The molecule has 0 radical (unpaired) electrons. The van der Waals surface area contributed by atoms with Crippen LogP contribution in [0.25, 0.3) is 0 Å². The van der Waals surface area contributed by atoms with Crippen molar-refractivity contribution in [3.05, 3.63) is 34.1 Å². The minimum absolute atomic E-state index is 0.0289. The summed E-state index contributed by atoms with van der Waals surface area (Å²) in [5.74, 6) is 1.86. The van der Waals surface area contributed by atoms with Crippen LogP contribution in [-0.2, 0) is 6.42 Å². The number of hydrogen-bond acceptors (Lipinski definition) is 5. The van der Waals surface area contributed by atoms with Crippen molar-refractivity contribution in [1.82, 2.24) is 15.2 Å². The third-order valence-electron chi connectivity index (χ3n) is 2.65. The molecule has 1 aromatic heterocycles. The molecular formula is C13H14BrN3O2S. The highest BCUT2D eigenvalue weighted by Gasteiger charge is 2.11. The van der Waals surface area contributed by atoms with Crippen LogP contribution in [0.15, 0.2) is 27.8 Å². The lowest BCUT2D eigenvalue weighted by Crippen LogP contribution is -2.03. The fourth-order valence-corrected chi connectivity index (χ4v) is 2.81. The van der Waals surface area contributed by atoms with E-state index in [-0.39, 0.29) is 5.78 Å². The van der Waals surface area contributed by atoms with E-state index < -0.39 is 0 Å². The number of hydrogen-bond donors (Lipinski definition) is 1. The number of carbonyl (C=O) groups is 1. The lowest BCUT2D eigenvalue weighted by molar-refractivity contribution is 0.102. The second-order valence-electron chi connectivity index (χ2n) is 3.98. The average molecular weight is 356 g/mol. The molecule has 2 aromatic rings. The SMILES string of the molecule is CCc1nc(SCC(=O)c2ccc(OC)c(Br)c2)n[nH]1. The maximum absolute atomic E-state index is 12.1. The van der Waals surface area contributed by atoms with Gasteiger partial charge in [-0.3, -0.25) is 9.89 Å². The molecule has 106 valence electrons. The molecule has 0 spiro atoms. The fraction of sp³-hybridized carbons (Fsp3) is 0.308. The molecule has 20 heavy (non-hydrogen) atoms. The summed E-state index contributed by atoms with van der Waals surface area (Å²) in [4.78, 5) is 16.4. The molecule has 0 aliphatic carbocycles. The Kier molecular flexibility index (Phi) is 5.19. The first-order valence-electron chi connectivity index (χ1n) is 6.04. The monoisotopic (exact) mass is 355 g/mol. The number of halogens is 1. The number of carbonyl (C=O) groups excluding carboxylic acids is 1. The van der Waals surface area contributed by atoms with E-state index in [4.69, 9.17) is 4.74 Å². The Morgan fingerprint density at radius 1 is 1.50 bits per heavy atom. The van der Waals surface area contributed by atoms with Gasteiger partial charge in [-0.2, -0.15) is 0 Å². The van der Waals surface area contributed by atoms with Gasteiger partial charge in [-0.1, -0.05) is 18.7 Å². The van der Waals surface area contributed by atoms with Crippen molar-refractivity contribution in [2.45, 2.75) is 18.5 Å². The first-order chi connectivity index (χ1) is 9.63. The molecule has 1 N–H and O–H groups in total. The Hall–Kier alpha value is -1.34. The van der Waals surface area contributed by atoms with Crippen molar-refractivity contribution in [1.29, 1.82) is 0 Å². The summed E-state index contributed by atoms with van der Waals surface area (Å²) in [6, 6.07) is 5.28. The maximum atomic E-state index is 12.1. The fourth-order valence-electron chi connectivity index (χ4n) is 1.55. The van der Waals surface area contributed by atoms with E-state index in [1.54, 1.807) is 25.3 Å². The Labute approximate surface area is 129 Å². The number of benzene rings is 1. The lowest BCUT2D eigenvalue weighted by Gasteiger charge is -2.05. The molecule has 0 atom stereocenters. The largest absolute Gasteiger partial charge is 0.496 e. The number of aryl methyl sites for hydroxylation is 1. The molecule has 1 heterocycles. The molecule has 0 amide bonds. The number of aromatic nitrogens is 3. The molecule has 0 aliphatic rings. The van der Waals surface area contributed by atoms with Gasteiger partial charge in [-0.25, -0.2) is 4.98 Å². The Balaban J connectivity index is 1.99. The zero-order valence-corrected chi connectivity index (χ0v) is 13.5. The minimum Gasteiger partial charge on any atom is -0.496 e. The van der Waals surface area contributed by atoms with Gasteiger partial charge < -0.3 is 4.74 Å². The normalized spacial score (nSPS) is 10.6. The highest BCUT2D eigenvalue weighted by atomic mass is 79.9. The standard InChI is InChI=1S/C13H14BrN3O2S/c1-3-12-15-13(17-16-12)20-7-10(18)8-4-5-11(19-2)9(14)6-8/h4-6H,3,7H2,1-2H3,(H,15,16,17). The number of rotatable bonds is 6. The third kappa shape index (κ3) is 3.61. The van der Waals surface area contributed by atoms with Crippen LogP contribution < -0.4 is 4.74 Å². The molecule has 7 heteroatoms. The summed E-state index contributed by atoms with van der Waals surface area (Å²) >= 11 is 4.70. The van der Waals surface area contributed by atoms with E-state index >= 15 is 0 Å². The summed E-state index contributed by atoms with van der Waals surface area (Å²) < 4.78 is 5.90. The van der Waals surface area contributed by atoms with Gasteiger partial charge >= 0.3 is 0 Å². The summed E-state index contributed by atoms with van der Waals surface area (Å²) in [5, 5.41) is 7.47. The van der Waals surface area contributed by atoms with Crippen LogP contribution >= 0.6 is 27.7 Å². The van der Waals surface area contributed by atoms with Crippen molar-refractivity contribution >= 4 is 33.5 Å². The van der Waals surface area contributed by atoms with Crippen LogP contribution in [0, 0.1) is 0 Å². The number of H-pyrrole nitrogens is 1. The zero-order chi connectivity index (χ0) is 14.5. The van der Waals surface area contributed by atoms with Crippen molar-refractivity contribution in [3.8, 4) is 5.75 Å². The van der Waals surface area contributed by atoms with Crippen molar-refractivity contribution in [2.24, 2.45) is 0 Å². The summed E-state index contributed by atoms with van der Waals surface area (Å²) in [7, 11) is 1.59. The van der Waals surface area contributed by atoms with Crippen LogP contribution in [0.2, 0.25) is 0 Å². The first-order valence-corrected chi connectivity index (χ1v) is 7.82. The number of methoxy groups -OCH3 is 1. The van der Waals surface area contributed by atoms with Gasteiger partial charge in [0.25, 0.3) is 0 Å². The molecule has 2 rings (SSSR count). The second-order valence-corrected chi connectivity index (χ2v) is 5.78. The highest BCUT2D eigenvalue weighted by Crippen LogP contribution is 2.26. The van der Waals surface area contributed by atoms with Gasteiger partial charge in [0.05, 0.1) is 17.3 Å². The van der Waals surface area contributed by atoms with E-state index in [0.29, 0.717) is 22.2 Å². The number of nitrogens with zero attached hydrogens (tertiary/aromatic N) is 2. The quantitative estimate of drug-likeness (QED) is 0.636. The van der Waals surface area contributed by atoms with E-state index in [1.165, 1.54) is 11.8 Å². The third-order valence-corrected chi connectivity index (χ3v) is 4.12. The molecule has 0 fully saturated rings. The Morgan fingerprint density at radius 3 is 2.90 bits per heavy atom. The molecule has 0 aliphatic heterocycles. The molecule has 0 bridgehead atoms. The predicted octanol–water partition coefficient (Wildman–Crippen LogP) is 3.11. The van der Waals surface area contributed by atoms with Gasteiger partial charge in [0, 0.05) is 12.0 Å². The van der Waals surface area contributed by atoms with Gasteiger partial charge in [0.1, 0.15) is 11.6 Å². The second kappa shape index (κ2) is 6.90. The van der Waals surface area contributed by atoms with Crippen LogP contribution in [0.5, 0.6) is 5.75 Å². The van der Waals surface area contributed by atoms with E-state index in [9.17, 15) is 4.79 Å². The van der Waals surface area contributed by atoms with E-state index in [2.05, 4.69) is 31.1 Å². The summed E-state index contributed by atoms with van der Waals surface area (Å²) in [5.41, 5.74) is 0.636. The van der Waals surface area contributed by atoms with Crippen LogP contribution in [0.3, 0.4) is 0 Å². The number of aromatic amines is 1. The highest BCUT2D eigenvalue weighted by molar-refractivity contribution is 9.10. The van der Waals surface area contributed by atoms with Crippen molar-refractivity contribution in [3.63, 3.8) is 0 Å². The predicted molar refractivity (Wildman–Crippen MR) is 81.5 cm³/mol. The number of Topliss-reactive ketones (excluding diaryl/α,β-unsaturated/α-hetero) is 1. The molecular weight excluding hydrogens is 342 g/mol. The molecule has 0 unspecified atom stereocenters. The minimum atomic E-state index is 0.0289. The number of ketones is 1. The summed E-state index contributed by atoms with van der Waals surface area (Å²) in [6.07, 6.45) is 0.799. The summed E-state index contributed by atoms with van der Waals surface area (Å²) in [6.45, 7) is 2.00. The Morgan fingerprint density at radius 2 is 2.30 bits per heavy atom. The van der Waals surface area contributed by atoms with Gasteiger partial charge in [0.2, 0.25) is 5.16 Å². The number of thioether (sulfide) groups is 1. The maximum Gasteiger partial charge on any atom is 0.208 e.